The standard InChI is InChI=1S/C19H18O/c1-20-19-17(15-9-4-2-5-10-15)13-8-14-18(19)16-11-6-3-7-12-16/h2,4-6,8-14H,3,7H2,1H3. The molecule has 0 radical (unpaired) electrons. The molecule has 0 saturated carbocycles. The van der Waals surface area contributed by atoms with Crippen LogP contribution in [-0.4, -0.2) is 7.11 Å². The molecule has 0 aromatic heterocycles. The maximum atomic E-state index is 5.71. The van der Waals surface area contributed by atoms with E-state index in [4.69, 9.17) is 4.74 Å². The van der Waals surface area contributed by atoms with Gasteiger partial charge in [-0.05, 0) is 24.0 Å². The van der Waals surface area contributed by atoms with E-state index in [1.807, 2.05) is 6.07 Å². The monoisotopic (exact) mass is 262 g/mol. The lowest BCUT2D eigenvalue weighted by Crippen LogP contribution is -1.95. The van der Waals surface area contributed by atoms with Gasteiger partial charge >= 0.3 is 0 Å². The second-order valence-corrected chi connectivity index (χ2v) is 4.89. The van der Waals surface area contributed by atoms with E-state index in [-0.39, 0.29) is 0 Å². The Morgan fingerprint density at radius 3 is 2.35 bits per heavy atom. The number of allylic oxidation sites excluding steroid dienone is 4. The van der Waals surface area contributed by atoms with Crippen LogP contribution in [0.1, 0.15) is 18.4 Å². The van der Waals surface area contributed by atoms with Crippen LogP contribution in [0.25, 0.3) is 16.7 Å². The third kappa shape index (κ3) is 2.39. The average molecular weight is 262 g/mol. The van der Waals surface area contributed by atoms with Crippen molar-refractivity contribution in [1.82, 2.24) is 0 Å². The van der Waals surface area contributed by atoms with Gasteiger partial charge < -0.3 is 4.74 Å². The lowest BCUT2D eigenvalue weighted by Gasteiger charge is -2.16. The normalized spacial score (nSPS) is 13.9. The molecule has 0 spiro atoms. The van der Waals surface area contributed by atoms with Crippen molar-refractivity contribution in [3.8, 4) is 16.9 Å². The molecule has 20 heavy (non-hydrogen) atoms. The van der Waals surface area contributed by atoms with E-state index in [9.17, 15) is 0 Å². The van der Waals surface area contributed by atoms with E-state index < -0.39 is 0 Å². The van der Waals surface area contributed by atoms with Crippen molar-refractivity contribution in [3.63, 3.8) is 0 Å². The summed E-state index contributed by atoms with van der Waals surface area (Å²) in [7, 11) is 1.75. The fourth-order valence-electron chi connectivity index (χ4n) is 2.64. The molecule has 0 heterocycles. The molecule has 100 valence electrons. The van der Waals surface area contributed by atoms with Crippen LogP contribution in [-0.2, 0) is 0 Å². The Balaban J connectivity index is 2.13. The highest BCUT2D eigenvalue weighted by Gasteiger charge is 2.13. The van der Waals surface area contributed by atoms with Crippen molar-refractivity contribution in [2.75, 3.05) is 7.11 Å². The summed E-state index contributed by atoms with van der Waals surface area (Å²) in [4.78, 5) is 0. The first kappa shape index (κ1) is 12.7. The van der Waals surface area contributed by atoms with Gasteiger partial charge in [-0.15, -0.1) is 0 Å². The van der Waals surface area contributed by atoms with E-state index >= 15 is 0 Å². The molecule has 0 bridgehead atoms. The van der Waals surface area contributed by atoms with Crippen molar-refractivity contribution < 1.29 is 4.74 Å². The maximum Gasteiger partial charge on any atom is 0.134 e. The Kier molecular flexibility index (Phi) is 3.69. The number of para-hydroxylation sites is 1. The van der Waals surface area contributed by atoms with Gasteiger partial charge in [-0.2, -0.15) is 0 Å². The third-order valence-electron chi connectivity index (χ3n) is 3.61. The van der Waals surface area contributed by atoms with E-state index in [1.54, 1.807) is 7.11 Å². The van der Waals surface area contributed by atoms with E-state index in [0.29, 0.717) is 0 Å². The molecule has 0 N–H and O–H groups in total. The molecule has 1 aliphatic rings. The van der Waals surface area contributed by atoms with Crippen molar-refractivity contribution in [2.45, 2.75) is 12.8 Å². The first-order chi connectivity index (χ1) is 9.90. The molecule has 0 saturated heterocycles. The number of ether oxygens (including phenoxy) is 1. The number of methoxy groups -OCH3 is 1. The summed E-state index contributed by atoms with van der Waals surface area (Å²) >= 11 is 0. The highest BCUT2D eigenvalue weighted by Crippen LogP contribution is 2.37. The largest absolute Gasteiger partial charge is 0.495 e. The minimum Gasteiger partial charge on any atom is -0.495 e. The molecular weight excluding hydrogens is 244 g/mol. The van der Waals surface area contributed by atoms with Gasteiger partial charge in [0.05, 0.1) is 7.11 Å². The first-order valence-corrected chi connectivity index (χ1v) is 6.99. The number of rotatable bonds is 3. The van der Waals surface area contributed by atoms with Gasteiger partial charge in [0.25, 0.3) is 0 Å². The minimum absolute atomic E-state index is 0.955. The Morgan fingerprint density at radius 1 is 0.850 bits per heavy atom. The summed E-state index contributed by atoms with van der Waals surface area (Å²) in [5.41, 5.74) is 4.76. The van der Waals surface area contributed by atoms with Crippen molar-refractivity contribution >= 4 is 5.57 Å². The molecule has 0 unspecified atom stereocenters. The Morgan fingerprint density at radius 2 is 1.65 bits per heavy atom. The van der Waals surface area contributed by atoms with Crippen molar-refractivity contribution in [3.05, 3.63) is 72.3 Å². The molecule has 0 fully saturated rings. The van der Waals surface area contributed by atoms with Gasteiger partial charge in [-0.1, -0.05) is 66.8 Å². The van der Waals surface area contributed by atoms with Crippen molar-refractivity contribution in [2.24, 2.45) is 0 Å². The number of benzene rings is 2. The molecule has 0 amide bonds. The smallest absolute Gasteiger partial charge is 0.134 e. The fraction of sp³-hybridized carbons (Fsp3) is 0.158. The summed E-state index contributed by atoms with van der Waals surface area (Å²) in [6, 6.07) is 16.7. The lowest BCUT2D eigenvalue weighted by molar-refractivity contribution is 0.415. The zero-order valence-corrected chi connectivity index (χ0v) is 11.7. The maximum absolute atomic E-state index is 5.71. The predicted molar refractivity (Wildman–Crippen MR) is 84.8 cm³/mol. The Hall–Kier alpha value is -2.28. The quantitative estimate of drug-likeness (QED) is 0.748. The fourth-order valence-corrected chi connectivity index (χ4v) is 2.64. The lowest BCUT2D eigenvalue weighted by atomic mass is 9.94. The number of hydrogen-bond donors (Lipinski definition) is 0. The molecule has 2 aromatic carbocycles. The second kappa shape index (κ2) is 5.79. The average Bonchev–Trinajstić information content (AvgIpc) is 2.55. The molecule has 2 aromatic rings. The van der Waals surface area contributed by atoms with E-state index in [2.05, 4.69) is 60.7 Å². The van der Waals surface area contributed by atoms with Crippen LogP contribution in [0, 0.1) is 0 Å². The molecule has 0 atom stereocenters. The SMILES string of the molecule is COc1c(C2=CCCC=C2)cccc1-c1ccccc1. The molecular formula is C19H18O. The Labute approximate surface area is 120 Å². The molecule has 1 nitrogen and oxygen atoms in total. The topological polar surface area (TPSA) is 9.23 Å². The zero-order chi connectivity index (χ0) is 13.8. The predicted octanol–water partition coefficient (Wildman–Crippen LogP) is 5.10. The zero-order valence-electron chi connectivity index (χ0n) is 11.7. The van der Waals surface area contributed by atoms with Crippen LogP contribution >= 0.6 is 0 Å². The van der Waals surface area contributed by atoms with Crippen LogP contribution in [0.2, 0.25) is 0 Å². The van der Waals surface area contributed by atoms with Crippen LogP contribution in [0.15, 0.2) is 66.8 Å². The third-order valence-corrected chi connectivity index (χ3v) is 3.61. The van der Waals surface area contributed by atoms with Gasteiger partial charge in [0.1, 0.15) is 5.75 Å². The van der Waals surface area contributed by atoms with Crippen LogP contribution in [0.3, 0.4) is 0 Å². The van der Waals surface area contributed by atoms with Gasteiger partial charge in [0, 0.05) is 11.1 Å². The molecule has 1 aliphatic carbocycles. The number of hydrogen-bond acceptors (Lipinski definition) is 1. The van der Waals surface area contributed by atoms with E-state index in [1.165, 1.54) is 16.7 Å². The van der Waals surface area contributed by atoms with Gasteiger partial charge in [-0.3, -0.25) is 0 Å². The van der Waals surface area contributed by atoms with E-state index in [0.717, 1.165) is 24.2 Å². The molecule has 3 rings (SSSR count). The Bertz CT molecular complexity index is 651. The second-order valence-electron chi connectivity index (χ2n) is 4.89. The summed E-state index contributed by atoms with van der Waals surface area (Å²) in [6.45, 7) is 0. The van der Waals surface area contributed by atoms with Gasteiger partial charge in [0.15, 0.2) is 0 Å². The van der Waals surface area contributed by atoms with Crippen molar-refractivity contribution in [1.29, 1.82) is 0 Å². The van der Waals surface area contributed by atoms with Crippen LogP contribution in [0.4, 0.5) is 0 Å². The van der Waals surface area contributed by atoms with Gasteiger partial charge in [0.2, 0.25) is 0 Å². The minimum atomic E-state index is 0.955. The highest BCUT2D eigenvalue weighted by atomic mass is 16.5. The summed E-state index contributed by atoms with van der Waals surface area (Å²) < 4.78 is 5.71. The molecule has 1 heteroatoms. The summed E-state index contributed by atoms with van der Waals surface area (Å²) in [5, 5.41) is 0. The first-order valence-electron chi connectivity index (χ1n) is 6.99. The van der Waals surface area contributed by atoms with Crippen LogP contribution < -0.4 is 4.74 Å². The highest BCUT2D eigenvalue weighted by molar-refractivity contribution is 5.84. The molecule has 0 aliphatic heterocycles. The summed E-state index contributed by atoms with van der Waals surface area (Å²) in [5.74, 6) is 0.955. The summed E-state index contributed by atoms with van der Waals surface area (Å²) in [6.07, 6.45) is 8.93. The van der Waals surface area contributed by atoms with Crippen LogP contribution in [0.5, 0.6) is 5.75 Å². The van der Waals surface area contributed by atoms with Gasteiger partial charge in [-0.25, -0.2) is 0 Å².